The molecule has 0 amide bonds. The topological polar surface area (TPSA) is 38.8 Å². The van der Waals surface area contributed by atoms with Crippen molar-refractivity contribution in [1.29, 1.82) is 0 Å². The molecule has 0 spiro atoms. The van der Waals surface area contributed by atoms with Crippen LogP contribution in [-0.4, -0.2) is 30.3 Å². The van der Waals surface area contributed by atoms with Gasteiger partial charge in [-0.3, -0.25) is 4.84 Å². The number of fused-ring (bicyclic) bond motifs is 2. The van der Waals surface area contributed by atoms with Gasteiger partial charge in [-0.15, -0.1) is 0 Å². The molecular weight excluding hydrogens is 242 g/mol. The van der Waals surface area contributed by atoms with Gasteiger partial charge in [0.15, 0.2) is 6.10 Å². The van der Waals surface area contributed by atoms with E-state index < -0.39 is 6.10 Å². The molecule has 2 bridgehead atoms. The van der Waals surface area contributed by atoms with Gasteiger partial charge in [0.05, 0.1) is 12.6 Å². The van der Waals surface area contributed by atoms with Gasteiger partial charge in [-0.05, 0) is 25.3 Å². The normalized spacial score (nSPS) is 33.1. The fourth-order valence-corrected chi connectivity index (χ4v) is 3.16. The average Bonchev–Trinajstić information content (AvgIpc) is 2.66. The van der Waals surface area contributed by atoms with E-state index in [1.54, 1.807) is 0 Å². The Bertz CT molecular complexity index is 448. The third-order valence-corrected chi connectivity index (χ3v) is 3.93. The van der Waals surface area contributed by atoms with Crippen LogP contribution in [0.3, 0.4) is 0 Å². The van der Waals surface area contributed by atoms with Crippen molar-refractivity contribution >= 4 is 5.97 Å². The van der Waals surface area contributed by atoms with Gasteiger partial charge in [-0.1, -0.05) is 30.3 Å². The third-order valence-electron chi connectivity index (χ3n) is 3.93. The molecule has 0 saturated carbocycles. The first-order chi connectivity index (χ1) is 9.31. The minimum Gasteiger partial charge on any atom is -0.464 e. The summed E-state index contributed by atoms with van der Waals surface area (Å²) < 4.78 is 5.13. The van der Waals surface area contributed by atoms with E-state index in [4.69, 9.17) is 9.57 Å². The molecule has 0 aliphatic carbocycles. The minimum absolute atomic E-state index is 0.185. The van der Waals surface area contributed by atoms with Crippen LogP contribution in [-0.2, 0) is 14.4 Å². The number of ether oxygens (including phenoxy) is 1. The largest absolute Gasteiger partial charge is 0.464 e. The van der Waals surface area contributed by atoms with Crippen molar-refractivity contribution in [3.8, 4) is 0 Å². The molecule has 4 nitrogen and oxygen atoms in total. The van der Waals surface area contributed by atoms with Crippen molar-refractivity contribution < 1.29 is 14.4 Å². The quantitative estimate of drug-likeness (QED) is 0.783. The fourth-order valence-electron chi connectivity index (χ4n) is 3.16. The van der Waals surface area contributed by atoms with E-state index in [1.165, 1.54) is 5.56 Å². The average molecular weight is 261 g/mol. The summed E-state index contributed by atoms with van der Waals surface area (Å²) in [5.74, 6) is -0.0203. The third kappa shape index (κ3) is 2.26. The molecule has 19 heavy (non-hydrogen) atoms. The summed E-state index contributed by atoms with van der Waals surface area (Å²) in [6.45, 7) is 3.11. The zero-order valence-corrected chi connectivity index (χ0v) is 11.1. The minimum atomic E-state index is -0.437. The van der Waals surface area contributed by atoms with Gasteiger partial charge >= 0.3 is 5.97 Å². The van der Waals surface area contributed by atoms with Crippen molar-refractivity contribution in [2.45, 2.75) is 31.9 Å². The van der Waals surface area contributed by atoms with Gasteiger partial charge < -0.3 is 4.74 Å². The Hall–Kier alpha value is -1.39. The Morgan fingerprint density at radius 2 is 2.21 bits per heavy atom. The Kier molecular flexibility index (Phi) is 3.53. The molecule has 0 N–H and O–H groups in total. The zero-order valence-electron chi connectivity index (χ0n) is 11.1. The van der Waals surface area contributed by atoms with Crippen molar-refractivity contribution in [2.75, 3.05) is 13.2 Å². The standard InChI is InChI=1S/C15H19NO3/c1-2-18-15(17)14-12-9-6-10-16(19-14)13(12)11-7-4-3-5-8-11/h3-5,7-8,12-14H,2,6,9-10H2,1H3/t12-,13+,14+/m0/s1. The molecule has 2 aliphatic rings. The van der Waals surface area contributed by atoms with Crippen molar-refractivity contribution in [3.05, 3.63) is 35.9 Å². The Morgan fingerprint density at radius 1 is 1.42 bits per heavy atom. The summed E-state index contributed by atoms with van der Waals surface area (Å²) in [7, 11) is 0. The Labute approximate surface area is 113 Å². The molecule has 102 valence electrons. The molecule has 2 fully saturated rings. The Balaban J connectivity index is 1.85. The smallest absolute Gasteiger partial charge is 0.337 e. The highest BCUT2D eigenvalue weighted by Crippen LogP contribution is 2.45. The summed E-state index contributed by atoms with van der Waals surface area (Å²) >= 11 is 0. The predicted octanol–water partition coefficient (Wildman–Crippen LogP) is 2.32. The summed E-state index contributed by atoms with van der Waals surface area (Å²) in [6, 6.07) is 10.5. The molecule has 4 heteroatoms. The van der Waals surface area contributed by atoms with Crippen LogP contribution in [0.4, 0.5) is 0 Å². The number of esters is 1. The number of carbonyl (C=O) groups excluding carboxylic acids is 1. The molecule has 3 rings (SSSR count). The van der Waals surface area contributed by atoms with Gasteiger partial charge in [0.25, 0.3) is 0 Å². The number of hydrogen-bond donors (Lipinski definition) is 0. The number of piperidine rings is 1. The number of hydrogen-bond acceptors (Lipinski definition) is 4. The molecule has 2 saturated heterocycles. The first kappa shape index (κ1) is 12.6. The lowest BCUT2D eigenvalue weighted by molar-refractivity contribution is -0.188. The first-order valence-electron chi connectivity index (χ1n) is 6.96. The summed E-state index contributed by atoms with van der Waals surface area (Å²) in [5, 5.41) is 1.96. The molecule has 1 aromatic carbocycles. The van der Waals surface area contributed by atoms with Crippen LogP contribution < -0.4 is 0 Å². The SMILES string of the molecule is CCOC(=O)[C@@H]1ON2CCC[C@H]1[C@H]2c1ccccc1. The first-order valence-corrected chi connectivity index (χ1v) is 6.96. The van der Waals surface area contributed by atoms with E-state index in [0.29, 0.717) is 6.61 Å². The second-order valence-corrected chi connectivity index (χ2v) is 5.08. The van der Waals surface area contributed by atoms with Gasteiger partial charge in [0, 0.05) is 12.5 Å². The van der Waals surface area contributed by atoms with E-state index >= 15 is 0 Å². The zero-order chi connectivity index (χ0) is 13.2. The van der Waals surface area contributed by atoms with E-state index in [9.17, 15) is 4.79 Å². The fraction of sp³-hybridized carbons (Fsp3) is 0.533. The number of hydroxylamine groups is 2. The van der Waals surface area contributed by atoms with Crippen LogP contribution in [0, 0.1) is 5.92 Å². The summed E-state index contributed by atoms with van der Waals surface area (Å²) in [4.78, 5) is 17.8. The summed E-state index contributed by atoms with van der Waals surface area (Å²) in [6.07, 6.45) is 1.65. The van der Waals surface area contributed by atoms with Gasteiger partial charge in [-0.2, -0.15) is 5.06 Å². The lowest BCUT2D eigenvalue weighted by Crippen LogP contribution is -2.32. The van der Waals surface area contributed by atoms with Crippen LogP contribution in [0.1, 0.15) is 31.4 Å². The highest BCUT2D eigenvalue weighted by Gasteiger charge is 2.49. The number of nitrogens with zero attached hydrogens (tertiary/aromatic N) is 1. The second kappa shape index (κ2) is 5.31. The predicted molar refractivity (Wildman–Crippen MR) is 70.1 cm³/mol. The maximum atomic E-state index is 12.0. The molecule has 1 aromatic rings. The van der Waals surface area contributed by atoms with Gasteiger partial charge in [-0.25, -0.2) is 4.79 Å². The summed E-state index contributed by atoms with van der Waals surface area (Å²) in [5.41, 5.74) is 1.22. The van der Waals surface area contributed by atoms with Crippen LogP contribution in [0.25, 0.3) is 0 Å². The number of carbonyl (C=O) groups is 1. The molecule has 0 aromatic heterocycles. The highest BCUT2D eigenvalue weighted by atomic mass is 16.7. The number of benzene rings is 1. The van der Waals surface area contributed by atoms with Crippen LogP contribution >= 0.6 is 0 Å². The van der Waals surface area contributed by atoms with Crippen LogP contribution in [0.15, 0.2) is 30.3 Å². The van der Waals surface area contributed by atoms with E-state index in [2.05, 4.69) is 12.1 Å². The second-order valence-electron chi connectivity index (χ2n) is 5.08. The maximum absolute atomic E-state index is 12.0. The molecule has 4 atom stereocenters. The van der Waals surface area contributed by atoms with Gasteiger partial charge in [0.1, 0.15) is 0 Å². The van der Waals surface area contributed by atoms with Crippen molar-refractivity contribution in [2.24, 2.45) is 5.92 Å². The lowest BCUT2D eigenvalue weighted by Gasteiger charge is -2.30. The van der Waals surface area contributed by atoms with Crippen molar-refractivity contribution in [1.82, 2.24) is 5.06 Å². The number of rotatable bonds is 3. The van der Waals surface area contributed by atoms with Crippen molar-refractivity contribution in [3.63, 3.8) is 0 Å². The highest BCUT2D eigenvalue weighted by molar-refractivity contribution is 5.75. The molecule has 2 aliphatic heterocycles. The van der Waals surface area contributed by atoms with E-state index in [0.717, 1.165) is 19.4 Å². The lowest BCUT2D eigenvalue weighted by atomic mass is 9.83. The molecule has 1 unspecified atom stereocenters. The molecule has 2 heterocycles. The monoisotopic (exact) mass is 261 g/mol. The van der Waals surface area contributed by atoms with Crippen LogP contribution in [0.2, 0.25) is 0 Å². The van der Waals surface area contributed by atoms with Gasteiger partial charge in [0.2, 0.25) is 0 Å². The van der Waals surface area contributed by atoms with Crippen LogP contribution in [0.5, 0.6) is 0 Å². The van der Waals surface area contributed by atoms with E-state index in [-0.39, 0.29) is 17.9 Å². The Morgan fingerprint density at radius 3 is 2.95 bits per heavy atom. The molecule has 0 radical (unpaired) electrons. The maximum Gasteiger partial charge on any atom is 0.337 e. The van der Waals surface area contributed by atoms with E-state index in [1.807, 2.05) is 30.2 Å². The molecular formula is C15H19NO3.